The molecular formula is C17H19BrFNO. The van der Waals surface area contributed by atoms with E-state index in [0.717, 1.165) is 30.8 Å². The van der Waals surface area contributed by atoms with Gasteiger partial charge in [-0.15, -0.1) is 0 Å². The quantitative estimate of drug-likeness (QED) is 0.723. The van der Waals surface area contributed by atoms with Crippen LogP contribution in [0.5, 0.6) is 11.5 Å². The zero-order valence-electron chi connectivity index (χ0n) is 12.2. The fraction of sp³-hybridized carbons (Fsp3) is 0.294. The molecule has 0 amide bonds. The van der Waals surface area contributed by atoms with Gasteiger partial charge in [0.25, 0.3) is 0 Å². The predicted octanol–water partition coefficient (Wildman–Crippen LogP) is 5.19. The SMILES string of the molecule is CCCNCc1ccc(Oc2ccc(F)c(Br)c2)c(C)c1. The lowest BCUT2D eigenvalue weighted by Crippen LogP contribution is -2.13. The molecule has 0 aliphatic heterocycles. The molecule has 0 aliphatic rings. The number of benzene rings is 2. The number of hydrogen-bond donors (Lipinski definition) is 1. The lowest BCUT2D eigenvalue weighted by Gasteiger charge is -2.11. The van der Waals surface area contributed by atoms with E-state index in [9.17, 15) is 4.39 Å². The molecule has 0 radical (unpaired) electrons. The fourth-order valence-corrected chi connectivity index (χ4v) is 2.37. The summed E-state index contributed by atoms with van der Waals surface area (Å²) in [6, 6.07) is 10.7. The van der Waals surface area contributed by atoms with Gasteiger partial charge in [0, 0.05) is 6.54 Å². The van der Waals surface area contributed by atoms with Crippen molar-refractivity contribution in [1.82, 2.24) is 5.32 Å². The molecule has 0 spiro atoms. The molecule has 0 aromatic heterocycles. The molecule has 0 unspecified atom stereocenters. The summed E-state index contributed by atoms with van der Waals surface area (Å²) in [7, 11) is 0. The minimum absolute atomic E-state index is 0.295. The van der Waals surface area contributed by atoms with Crippen molar-refractivity contribution in [3.63, 3.8) is 0 Å². The second-order valence-electron chi connectivity index (χ2n) is 4.95. The average Bonchev–Trinajstić information content (AvgIpc) is 2.46. The second-order valence-corrected chi connectivity index (χ2v) is 5.81. The first-order chi connectivity index (χ1) is 10.1. The summed E-state index contributed by atoms with van der Waals surface area (Å²) in [5.74, 6) is 1.10. The van der Waals surface area contributed by atoms with Crippen LogP contribution in [-0.4, -0.2) is 6.54 Å². The Labute approximate surface area is 133 Å². The van der Waals surface area contributed by atoms with E-state index in [0.29, 0.717) is 10.2 Å². The molecule has 0 saturated carbocycles. The van der Waals surface area contributed by atoms with Gasteiger partial charge in [-0.3, -0.25) is 0 Å². The molecule has 21 heavy (non-hydrogen) atoms. The summed E-state index contributed by atoms with van der Waals surface area (Å²) >= 11 is 3.16. The minimum Gasteiger partial charge on any atom is -0.457 e. The number of rotatable bonds is 6. The van der Waals surface area contributed by atoms with E-state index in [2.05, 4.69) is 34.2 Å². The van der Waals surface area contributed by atoms with Crippen molar-refractivity contribution in [2.75, 3.05) is 6.54 Å². The highest BCUT2D eigenvalue weighted by molar-refractivity contribution is 9.10. The molecule has 1 N–H and O–H groups in total. The molecule has 0 fully saturated rings. The van der Waals surface area contributed by atoms with Gasteiger partial charge in [0.15, 0.2) is 0 Å². The molecule has 112 valence electrons. The van der Waals surface area contributed by atoms with Gasteiger partial charge in [-0.2, -0.15) is 0 Å². The van der Waals surface area contributed by atoms with E-state index >= 15 is 0 Å². The van der Waals surface area contributed by atoms with Crippen LogP contribution >= 0.6 is 15.9 Å². The topological polar surface area (TPSA) is 21.3 Å². The number of hydrogen-bond acceptors (Lipinski definition) is 2. The number of nitrogens with one attached hydrogen (secondary N) is 1. The summed E-state index contributed by atoms with van der Waals surface area (Å²) in [4.78, 5) is 0. The summed E-state index contributed by atoms with van der Waals surface area (Å²) in [5.41, 5.74) is 2.29. The monoisotopic (exact) mass is 351 g/mol. The molecular weight excluding hydrogens is 333 g/mol. The first-order valence-corrected chi connectivity index (χ1v) is 7.82. The number of halogens is 2. The Balaban J connectivity index is 2.08. The summed E-state index contributed by atoms with van der Waals surface area (Å²) in [5, 5.41) is 3.37. The lowest BCUT2D eigenvalue weighted by atomic mass is 10.1. The minimum atomic E-state index is -0.295. The Bertz CT molecular complexity index is 616. The van der Waals surface area contributed by atoms with Crippen molar-refractivity contribution in [2.24, 2.45) is 0 Å². The van der Waals surface area contributed by atoms with E-state index in [-0.39, 0.29) is 5.82 Å². The Morgan fingerprint density at radius 2 is 2.00 bits per heavy atom. The van der Waals surface area contributed by atoms with Crippen molar-refractivity contribution in [1.29, 1.82) is 0 Å². The van der Waals surface area contributed by atoms with Crippen molar-refractivity contribution in [2.45, 2.75) is 26.8 Å². The van der Waals surface area contributed by atoms with Gasteiger partial charge in [0.2, 0.25) is 0 Å². The molecule has 2 rings (SSSR count). The zero-order valence-corrected chi connectivity index (χ0v) is 13.8. The van der Waals surface area contributed by atoms with Crippen LogP contribution in [0.3, 0.4) is 0 Å². The summed E-state index contributed by atoms with van der Waals surface area (Å²) < 4.78 is 19.4. The highest BCUT2D eigenvalue weighted by Gasteiger charge is 2.05. The van der Waals surface area contributed by atoms with Crippen LogP contribution in [0.1, 0.15) is 24.5 Å². The molecule has 0 heterocycles. The van der Waals surface area contributed by atoms with E-state index in [1.54, 1.807) is 12.1 Å². The molecule has 0 saturated heterocycles. The normalized spacial score (nSPS) is 10.7. The number of aryl methyl sites for hydroxylation is 1. The van der Waals surface area contributed by atoms with Crippen LogP contribution in [0.15, 0.2) is 40.9 Å². The smallest absolute Gasteiger partial charge is 0.137 e. The van der Waals surface area contributed by atoms with E-state index in [1.165, 1.54) is 11.6 Å². The third kappa shape index (κ3) is 4.55. The molecule has 0 atom stereocenters. The zero-order chi connectivity index (χ0) is 15.2. The van der Waals surface area contributed by atoms with E-state index < -0.39 is 0 Å². The molecule has 2 aromatic carbocycles. The first kappa shape index (κ1) is 16.0. The van der Waals surface area contributed by atoms with Crippen LogP contribution < -0.4 is 10.1 Å². The third-order valence-electron chi connectivity index (χ3n) is 3.11. The van der Waals surface area contributed by atoms with Gasteiger partial charge in [-0.05, 0) is 71.2 Å². The van der Waals surface area contributed by atoms with E-state index in [4.69, 9.17) is 4.74 Å². The standard InChI is InChI=1S/C17H19BrFNO/c1-3-8-20-11-13-4-7-17(12(2)9-13)21-14-5-6-16(19)15(18)10-14/h4-7,9-10,20H,3,8,11H2,1-2H3. The van der Waals surface area contributed by atoms with Crippen molar-refractivity contribution >= 4 is 15.9 Å². The molecule has 0 aliphatic carbocycles. The summed E-state index contributed by atoms with van der Waals surface area (Å²) in [6.45, 7) is 6.03. The average molecular weight is 352 g/mol. The molecule has 2 nitrogen and oxygen atoms in total. The third-order valence-corrected chi connectivity index (χ3v) is 3.72. The maximum Gasteiger partial charge on any atom is 0.137 e. The van der Waals surface area contributed by atoms with Crippen LogP contribution in [0.25, 0.3) is 0 Å². The van der Waals surface area contributed by atoms with Crippen LogP contribution in [-0.2, 0) is 6.54 Å². The van der Waals surface area contributed by atoms with Crippen LogP contribution in [0.2, 0.25) is 0 Å². The second kappa shape index (κ2) is 7.57. The van der Waals surface area contributed by atoms with Gasteiger partial charge >= 0.3 is 0 Å². The van der Waals surface area contributed by atoms with Gasteiger partial charge in [0.1, 0.15) is 17.3 Å². The van der Waals surface area contributed by atoms with Crippen molar-refractivity contribution in [3.05, 3.63) is 57.8 Å². The highest BCUT2D eigenvalue weighted by Crippen LogP contribution is 2.28. The summed E-state index contributed by atoms with van der Waals surface area (Å²) in [6.07, 6.45) is 1.12. The maximum atomic E-state index is 13.2. The van der Waals surface area contributed by atoms with Crippen molar-refractivity contribution in [3.8, 4) is 11.5 Å². The van der Waals surface area contributed by atoms with Gasteiger partial charge in [-0.1, -0.05) is 19.1 Å². The van der Waals surface area contributed by atoms with Gasteiger partial charge in [-0.25, -0.2) is 4.39 Å². The Kier molecular flexibility index (Phi) is 5.76. The Morgan fingerprint density at radius 3 is 2.67 bits per heavy atom. The molecule has 0 bridgehead atoms. The lowest BCUT2D eigenvalue weighted by molar-refractivity contribution is 0.476. The Morgan fingerprint density at radius 1 is 1.19 bits per heavy atom. The molecule has 4 heteroatoms. The van der Waals surface area contributed by atoms with Crippen molar-refractivity contribution < 1.29 is 9.13 Å². The predicted molar refractivity (Wildman–Crippen MR) is 87.4 cm³/mol. The maximum absolute atomic E-state index is 13.2. The Hall–Kier alpha value is -1.39. The van der Waals surface area contributed by atoms with Crippen LogP contribution in [0.4, 0.5) is 4.39 Å². The highest BCUT2D eigenvalue weighted by atomic mass is 79.9. The molecule has 2 aromatic rings. The largest absolute Gasteiger partial charge is 0.457 e. The van der Waals surface area contributed by atoms with Crippen LogP contribution in [0, 0.1) is 12.7 Å². The van der Waals surface area contributed by atoms with Gasteiger partial charge < -0.3 is 10.1 Å². The number of ether oxygens (including phenoxy) is 1. The fourth-order valence-electron chi connectivity index (χ4n) is 2.01. The first-order valence-electron chi connectivity index (χ1n) is 7.03. The van der Waals surface area contributed by atoms with E-state index in [1.807, 2.05) is 19.1 Å². The van der Waals surface area contributed by atoms with Gasteiger partial charge in [0.05, 0.1) is 4.47 Å².